The maximum Gasteiger partial charge on any atom is 0.228 e. The van der Waals surface area contributed by atoms with Gasteiger partial charge in [-0.15, -0.1) is 0 Å². The highest BCUT2D eigenvalue weighted by Gasteiger charge is 2.45. The molecule has 33 heavy (non-hydrogen) atoms. The summed E-state index contributed by atoms with van der Waals surface area (Å²) in [6.45, 7) is 10.1. The lowest BCUT2D eigenvalue weighted by Crippen LogP contribution is -2.39. The van der Waals surface area contributed by atoms with Gasteiger partial charge in [-0.05, 0) is 53.3 Å². The Hall–Kier alpha value is -3.65. The number of pyridine rings is 1. The summed E-state index contributed by atoms with van der Waals surface area (Å²) in [5.74, 6) is 0. The van der Waals surface area contributed by atoms with Crippen LogP contribution in [0.5, 0.6) is 0 Å². The van der Waals surface area contributed by atoms with Gasteiger partial charge < -0.3 is 0 Å². The van der Waals surface area contributed by atoms with Crippen LogP contribution in [0.15, 0.2) is 66.9 Å². The van der Waals surface area contributed by atoms with Gasteiger partial charge >= 0.3 is 0 Å². The molecule has 2 heteroatoms. The maximum absolute atomic E-state index is 2.57. The minimum absolute atomic E-state index is 0.00527. The number of benzene rings is 4. The molecule has 2 aromatic heterocycles. The van der Waals surface area contributed by atoms with E-state index in [2.05, 4.69) is 104 Å². The lowest BCUT2D eigenvalue weighted by molar-refractivity contribution is -0.689. The molecule has 0 saturated heterocycles. The first kappa shape index (κ1) is 17.9. The van der Waals surface area contributed by atoms with Gasteiger partial charge in [0.2, 0.25) is 12.4 Å². The third-order valence-electron chi connectivity index (χ3n) is 8.40. The highest BCUT2D eigenvalue weighted by Crippen LogP contribution is 2.54. The Morgan fingerprint density at radius 2 is 1.61 bits per heavy atom. The van der Waals surface area contributed by atoms with E-state index in [0.717, 1.165) is 6.67 Å². The molecule has 4 aromatic carbocycles. The summed E-state index contributed by atoms with van der Waals surface area (Å²) in [5.41, 5.74) is 11.2. The van der Waals surface area contributed by atoms with Gasteiger partial charge in [0.05, 0.1) is 16.6 Å². The van der Waals surface area contributed by atoms with Crippen molar-refractivity contribution in [3.8, 4) is 11.3 Å². The second-order valence-electron chi connectivity index (χ2n) is 10.6. The fourth-order valence-corrected chi connectivity index (χ4v) is 7.08. The third kappa shape index (κ3) is 1.88. The van der Waals surface area contributed by atoms with E-state index in [1.54, 1.807) is 0 Å². The number of hydrogen-bond donors (Lipinski definition) is 0. The molecule has 8 rings (SSSR count). The normalized spacial score (nSPS) is 15.4. The topological polar surface area (TPSA) is 8.81 Å². The van der Waals surface area contributed by atoms with Gasteiger partial charge in [0.1, 0.15) is 0 Å². The minimum Gasteiger partial charge on any atom is -0.284 e. The van der Waals surface area contributed by atoms with Crippen LogP contribution in [0.25, 0.3) is 54.6 Å². The first-order valence-electron chi connectivity index (χ1n) is 11.9. The first-order valence-corrected chi connectivity index (χ1v) is 11.9. The average Bonchev–Trinajstić information content (AvgIpc) is 3.19. The van der Waals surface area contributed by atoms with E-state index in [4.69, 9.17) is 0 Å². The summed E-state index contributed by atoms with van der Waals surface area (Å²) >= 11 is 0. The molecule has 0 fully saturated rings. The van der Waals surface area contributed by atoms with Gasteiger partial charge in [0.25, 0.3) is 0 Å². The average molecular weight is 426 g/mol. The van der Waals surface area contributed by atoms with Crippen molar-refractivity contribution in [2.75, 3.05) is 0 Å². The number of aromatic nitrogens is 2. The quantitative estimate of drug-likeness (QED) is 0.180. The largest absolute Gasteiger partial charge is 0.284 e. The smallest absolute Gasteiger partial charge is 0.228 e. The number of nitrogens with zero attached hydrogens (tertiary/aromatic N) is 2. The standard InChI is InChI=1S/C31H25N2/c1-17-9-12-24-22(15-17)25-20-8-6-5-7-19(20)21-10-11-23-27-26(21)29(25)33(24)16-32-14-13-18(2)28(30(27)32)31(23,3)4/h5-15H,16H2,1-4H3/q+1. The zero-order chi connectivity index (χ0) is 22.2. The molecule has 1 aliphatic heterocycles. The van der Waals surface area contributed by atoms with E-state index in [9.17, 15) is 0 Å². The molecule has 2 aliphatic rings. The molecule has 1 aliphatic carbocycles. The van der Waals surface area contributed by atoms with Crippen molar-refractivity contribution < 1.29 is 4.57 Å². The molecule has 0 spiro atoms. The number of aryl methyl sites for hydroxylation is 2. The predicted octanol–water partition coefficient (Wildman–Crippen LogP) is 7.13. The molecular formula is C31H25N2+. The van der Waals surface area contributed by atoms with E-state index >= 15 is 0 Å². The fourth-order valence-electron chi connectivity index (χ4n) is 7.08. The van der Waals surface area contributed by atoms with Gasteiger partial charge in [-0.3, -0.25) is 4.57 Å². The van der Waals surface area contributed by atoms with Crippen LogP contribution < -0.4 is 4.57 Å². The van der Waals surface area contributed by atoms with Crippen LogP contribution in [0.1, 0.15) is 36.1 Å². The van der Waals surface area contributed by atoms with E-state index in [1.807, 2.05) is 0 Å². The Kier molecular flexibility index (Phi) is 2.95. The Balaban J connectivity index is 1.79. The molecular weight excluding hydrogens is 400 g/mol. The SMILES string of the molecule is Cc1ccc2c(c1)c1c3ccccc3c3ccc4c5c3c1n2C[n+]1ccc(C)c(c1-5)C4(C)C. The first-order chi connectivity index (χ1) is 16.0. The number of fused-ring (bicyclic) bond motifs is 6. The molecule has 0 N–H and O–H groups in total. The molecule has 0 atom stereocenters. The summed E-state index contributed by atoms with van der Waals surface area (Å²) in [5, 5.41) is 8.29. The highest BCUT2D eigenvalue weighted by atomic mass is 15.2. The molecule has 0 amide bonds. The Morgan fingerprint density at radius 1 is 0.818 bits per heavy atom. The van der Waals surface area contributed by atoms with Crippen molar-refractivity contribution in [2.45, 2.75) is 39.8 Å². The molecule has 2 nitrogen and oxygen atoms in total. The highest BCUT2D eigenvalue weighted by molar-refractivity contribution is 6.34. The maximum atomic E-state index is 2.57. The Labute approximate surface area is 192 Å². The second-order valence-corrected chi connectivity index (χ2v) is 10.6. The van der Waals surface area contributed by atoms with E-state index < -0.39 is 0 Å². The van der Waals surface area contributed by atoms with Crippen LogP contribution in [0, 0.1) is 13.8 Å². The van der Waals surface area contributed by atoms with Crippen molar-refractivity contribution in [2.24, 2.45) is 0 Å². The van der Waals surface area contributed by atoms with Gasteiger partial charge in [0, 0.05) is 33.2 Å². The molecule has 0 bridgehead atoms. The third-order valence-corrected chi connectivity index (χ3v) is 8.40. The molecule has 6 aromatic rings. The van der Waals surface area contributed by atoms with Gasteiger partial charge in [-0.25, -0.2) is 0 Å². The van der Waals surface area contributed by atoms with Crippen LogP contribution in [0.3, 0.4) is 0 Å². The van der Waals surface area contributed by atoms with Crippen LogP contribution in [-0.4, -0.2) is 4.57 Å². The van der Waals surface area contributed by atoms with Gasteiger partial charge in [0.15, 0.2) is 6.20 Å². The lowest BCUT2D eigenvalue weighted by atomic mass is 9.80. The zero-order valence-electron chi connectivity index (χ0n) is 19.5. The fraction of sp³-hybridized carbons (Fsp3) is 0.194. The van der Waals surface area contributed by atoms with Crippen LogP contribution >= 0.6 is 0 Å². The van der Waals surface area contributed by atoms with Crippen molar-refractivity contribution in [3.63, 3.8) is 0 Å². The van der Waals surface area contributed by atoms with Crippen LogP contribution in [-0.2, 0) is 12.1 Å². The Morgan fingerprint density at radius 3 is 2.45 bits per heavy atom. The Bertz CT molecular complexity index is 1880. The second kappa shape index (κ2) is 5.46. The molecule has 0 unspecified atom stereocenters. The predicted molar refractivity (Wildman–Crippen MR) is 137 cm³/mol. The molecule has 0 radical (unpaired) electrons. The summed E-state index contributed by atoms with van der Waals surface area (Å²) in [6.07, 6.45) is 2.30. The van der Waals surface area contributed by atoms with Crippen LogP contribution in [0.4, 0.5) is 0 Å². The van der Waals surface area contributed by atoms with E-state index in [-0.39, 0.29) is 5.41 Å². The molecule has 158 valence electrons. The molecule has 0 saturated carbocycles. The summed E-state index contributed by atoms with van der Waals surface area (Å²) in [4.78, 5) is 0. The zero-order valence-corrected chi connectivity index (χ0v) is 19.5. The van der Waals surface area contributed by atoms with Crippen molar-refractivity contribution in [3.05, 3.63) is 89.1 Å². The number of rotatable bonds is 0. The van der Waals surface area contributed by atoms with Gasteiger partial charge in [-0.2, -0.15) is 4.57 Å². The molecule has 3 heterocycles. The van der Waals surface area contributed by atoms with Crippen molar-refractivity contribution in [1.29, 1.82) is 0 Å². The van der Waals surface area contributed by atoms with Crippen molar-refractivity contribution >= 4 is 43.4 Å². The van der Waals surface area contributed by atoms with E-state index in [0.29, 0.717) is 0 Å². The van der Waals surface area contributed by atoms with E-state index in [1.165, 1.54) is 76.9 Å². The monoisotopic (exact) mass is 425 g/mol. The minimum atomic E-state index is -0.00527. The van der Waals surface area contributed by atoms with Crippen LogP contribution in [0.2, 0.25) is 0 Å². The summed E-state index contributed by atoms with van der Waals surface area (Å²) in [6, 6.07) is 23.1. The van der Waals surface area contributed by atoms with Crippen molar-refractivity contribution in [1.82, 2.24) is 4.57 Å². The van der Waals surface area contributed by atoms with Gasteiger partial charge in [-0.1, -0.05) is 61.9 Å². The lowest BCUT2D eigenvalue weighted by Gasteiger charge is -2.22. The summed E-state index contributed by atoms with van der Waals surface area (Å²) in [7, 11) is 0. The number of hydrogen-bond acceptors (Lipinski definition) is 0. The summed E-state index contributed by atoms with van der Waals surface area (Å²) < 4.78 is 5.07.